The van der Waals surface area contributed by atoms with Crippen LogP contribution in [0.15, 0.2) is 0 Å². The van der Waals surface area contributed by atoms with Crippen LogP contribution in [-0.4, -0.2) is 37.0 Å². The molecule has 0 unspecified atom stereocenters. The third-order valence-electron chi connectivity index (χ3n) is 2.25. The minimum absolute atomic E-state index is 0.238. The van der Waals surface area contributed by atoms with Crippen LogP contribution in [0, 0.1) is 5.92 Å². The van der Waals surface area contributed by atoms with Crippen molar-refractivity contribution < 1.29 is 4.79 Å². The van der Waals surface area contributed by atoms with Crippen LogP contribution in [0.5, 0.6) is 0 Å². The molecule has 0 aromatic carbocycles. The van der Waals surface area contributed by atoms with Crippen LogP contribution in [0.2, 0.25) is 0 Å². The zero-order chi connectivity index (χ0) is 8.43. The predicted molar refractivity (Wildman–Crippen MR) is 44.3 cm³/mol. The second-order valence-electron chi connectivity index (χ2n) is 3.40. The number of hydrogen-bond acceptors (Lipinski definition) is 2. The van der Waals surface area contributed by atoms with E-state index in [1.165, 1.54) is 0 Å². The molecule has 0 bridgehead atoms. The van der Waals surface area contributed by atoms with Crippen LogP contribution in [-0.2, 0) is 4.79 Å². The minimum Gasteiger partial charge on any atom is -0.343 e. The molecule has 1 rings (SSSR count). The number of rotatable bonds is 2. The van der Waals surface area contributed by atoms with Gasteiger partial charge in [-0.05, 0) is 13.8 Å². The molecule has 0 spiro atoms. The van der Waals surface area contributed by atoms with Gasteiger partial charge in [0, 0.05) is 26.2 Å². The summed E-state index contributed by atoms with van der Waals surface area (Å²) in [6.07, 6.45) is 0. The molecule has 0 saturated carbocycles. The van der Waals surface area contributed by atoms with Crippen molar-refractivity contribution in [1.29, 1.82) is 0 Å². The zero-order valence-electron chi connectivity index (χ0n) is 7.42. The Morgan fingerprint density at radius 1 is 1.55 bits per heavy atom. The highest BCUT2D eigenvalue weighted by Gasteiger charge is 2.28. The summed E-state index contributed by atoms with van der Waals surface area (Å²) in [7, 11) is 1.87. The van der Waals surface area contributed by atoms with Gasteiger partial charge in [-0.2, -0.15) is 0 Å². The smallest absolute Gasteiger partial charge is 0.228 e. The number of amides is 1. The Balaban J connectivity index is 2.39. The number of hydrogen-bond donors (Lipinski definition) is 1. The van der Waals surface area contributed by atoms with E-state index in [1.807, 2.05) is 25.8 Å². The maximum Gasteiger partial charge on any atom is 0.228 e. The van der Waals surface area contributed by atoms with Crippen molar-refractivity contribution in [3.8, 4) is 0 Å². The summed E-state index contributed by atoms with van der Waals surface area (Å²) in [5, 5.41) is 3.09. The van der Waals surface area contributed by atoms with Gasteiger partial charge in [0.05, 0.1) is 5.92 Å². The first-order valence-electron chi connectivity index (χ1n) is 4.10. The summed E-state index contributed by atoms with van der Waals surface area (Å²) in [5.74, 6) is 0.515. The first-order chi connectivity index (χ1) is 5.13. The largest absolute Gasteiger partial charge is 0.343 e. The number of carbonyl (C=O) groups excluding carboxylic acids is 1. The Bertz CT molecular complexity index is 152. The molecule has 3 nitrogen and oxygen atoms in total. The fourth-order valence-electron chi connectivity index (χ4n) is 1.01. The fourth-order valence-corrected chi connectivity index (χ4v) is 1.01. The van der Waals surface area contributed by atoms with E-state index in [-0.39, 0.29) is 11.8 Å². The average molecular weight is 156 g/mol. The molecule has 1 aliphatic rings. The Hall–Kier alpha value is -0.570. The highest BCUT2D eigenvalue weighted by atomic mass is 16.2. The normalized spacial score (nSPS) is 18.2. The predicted octanol–water partition coefficient (Wildman–Crippen LogP) is 0.0726. The van der Waals surface area contributed by atoms with Gasteiger partial charge in [-0.1, -0.05) is 0 Å². The molecule has 11 heavy (non-hydrogen) atoms. The molecule has 0 aromatic rings. The molecule has 0 atom stereocenters. The van der Waals surface area contributed by atoms with Gasteiger partial charge in [0.15, 0.2) is 0 Å². The fraction of sp³-hybridized carbons (Fsp3) is 0.875. The summed E-state index contributed by atoms with van der Waals surface area (Å²) in [6.45, 7) is 5.78. The van der Waals surface area contributed by atoms with Gasteiger partial charge in [-0.25, -0.2) is 0 Å². The van der Waals surface area contributed by atoms with E-state index in [2.05, 4.69) is 5.32 Å². The molecule has 3 heteroatoms. The van der Waals surface area contributed by atoms with E-state index >= 15 is 0 Å². The number of nitrogens with zero attached hydrogens (tertiary/aromatic N) is 1. The summed E-state index contributed by atoms with van der Waals surface area (Å²) in [5.41, 5.74) is 0. The standard InChI is InChI=1S/C8H16N2O/c1-6(2)10(3)8(11)7-4-9-5-7/h6-7,9H,4-5H2,1-3H3. The molecular weight excluding hydrogens is 140 g/mol. The van der Waals surface area contributed by atoms with Crippen molar-refractivity contribution >= 4 is 5.91 Å². The van der Waals surface area contributed by atoms with Crippen LogP contribution >= 0.6 is 0 Å². The first-order valence-corrected chi connectivity index (χ1v) is 4.10. The average Bonchev–Trinajstić information content (AvgIpc) is 1.82. The molecule has 1 heterocycles. The topological polar surface area (TPSA) is 32.3 Å². The van der Waals surface area contributed by atoms with Gasteiger partial charge in [0.2, 0.25) is 5.91 Å². The monoisotopic (exact) mass is 156 g/mol. The lowest BCUT2D eigenvalue weighted by molar-refractivity contribution is -0.137. The van der Waals surface area contributed by atoms with E-state index in [0.717, 1.165) is 13.1 Å². The molecule has 1 aliphatic heterocycles. The van der Waals surface area contributed by atoms with Crippen molar-refractivity contribution in [3.05, 3.63) is 0 Å². The summed E-state index contributed by atoms with van der Waals surface area (Å²) >= 11 is 0. The lowest BCUT2D eigenvalue weighted by atomic mass is 10.0. The quantitative estimate of drug-likeness (QED) is 0.613. The third-order valence-corrected chi connectivity index (χ3v) is 2.25. The van der Waals surface area contributed by atoms with E-state index in [4.69, 9.17) is 0 Å². The Morgan fingerprint density at radius 2 is 2.09 bits per heavy atom. The summed E-state index contributed by atoms with van der Waals surface area (Å²) in [6, 6.07) is 0.322. The molecule has 1 amide bonds. The molecule has 64 valence electrons. The van der Waals surface area contributed by atoms with Crippen LogP contribution in [0.1, 0.15) is 13.8 Å². The molecule has 0 aliphatic carbocycles. The highest BCUT2D eigenvalue weighted by molar-refractivity contribution is 5.80. The van der Waals surface area contributed by atoms with Crippen LogP contribution in [0.4, 0.5) is 0 Å². The molecule has 1 N–H and O–H groups in total. The van der Waals surface area contributed by atoms with Crippen molar-refractivity contribution in [1.82, 2.24) is 10.2 Å². The molecule has 1 fully saturated rings. The SMILES string of the molecule is CC(C)N(C)C(=O)C1CNC1. The summed E-state index contributed by atoms with van der Waals surface area (Å²) < 4.78 is 0. The second kappa shape index (κ2) is 3.22. The highest BCUT2D eigenvalue weighted by Crippen LogP contribution is 2.08. The maximum atomic E-state index is 11.5. The van der Waals surface area contributed by atoms with Crippen LogP contribution < -0.4 is 5.32 Å². The first kappa shape index (κ1) is 8.53. The van der Waals surface area contributed by atoms with Crippen LogP contribution in [0.25, 0.3) is 0 Å². The molecule has 0 aromatic heterocycles. The molecule has 1 saturated heterocycles. The maximum absolute atomic E-state index is 11.5. The van der Waals surface area contributed by atoms with Gasteiger partial charge in [-0.15, -0.1) is 0 Å². The summed E-state index contributed by atoms with van der Waals surface area (Å²) in [4.78, 5) is 13.3. The van der Waals surface area contributed by atoms with Crippen LogP contribution in [0.3, 0.4) is 0 Å². The Kier molecular flexibility index (Phi) is 2.49. The van der Waals surface area contributed by atoms with Gasteiger partial charge >= 0.3 is 0 Å². The number of nitrogens with one attached hydrogen (secondary N) is 1. The van der Waals surface area contributed by atoms with Gasteiger partial charge in [-0.3, -0.25) is 4.79 Å². The lowest BCUT2D eigenvalue weighted by Gasteiger charge is -2.32. The minimum atomic E-state index is 0.238. The van der Waals surface area contributed by atoms with E-state index in [0.29, 0.717) is 6.04 Å². The number of carbonyl (C=O) groups is 1. The Morgan fingerprint density at radius 3 is 2.36 bits per heavy atom. The lowest BCUT2D eigenvalue weighted by Crippen LogP contribution is -2.52. The van der Waals surface area contributed by atoms with Crippen molar-refractivity contribution in [2.75, 3.05) is 20.1 Å². The van der Waals surface area contributed by atoms with Gasteiger partial charge < -0.3 is 10.2 Å². The van der Waals surface area contributed by atoms with Crippen molar-refractivity contribution in [2.24, 2.45) is 5.92 Å². The zero-order valence-corrected chi connectivity index (χ0v) is 7.42. The Labute approximate surface area is 67.8 Å². The van der Waals surface area contributed by atoms with Crippen molar-refractivity contribution in [2.45, 2.75) is 19.9 Å². The molecular formula is C8H16N2O. The second-order valence-corrected chi connectivity index (χ2v) is 3.40. The van der Waals surface area contributed by atoms with E-state index in [1.54, 1.807) is 0 Å². The van der Waals surface area contributed by atoms with Gasteiger partial charge in [0.25, 0.3) is 0 Å². The van der Waals surface area contributed by atoms with E-state index in [9.17, 15) is 4.79 Å². The third kappa shape index (κ3) is 1.71. The van der Waals surface area contributed by atoms with Gasteiger partial charge in [0.1, 0.15) is 0 Å². The van der Waals surface area contributed by atoms with Crippen molar-refractivity contribution in [3.63, 3.8) is 0 Å². The van der Waals surface area contributed by atoms with E-state index < -0.39 is 0 Å². The molecule has 0 radical (unpaired) electrons.